The topological polar surface area (TPSA) is 38.0 Å². The van der Waals surface area contributed by atoms with Gasteiger partial charge in [-0.3, -0.25) is 0 Å². The number of nitrogens with one attached hydrogen (secondary N) is 1. The van der Waals surface area contributed by atoms with E-state index in [1.54, 1.807) is 0 Å². The molecular formula is C14H17F3N2S. The maximum absolute atomic E-state index is 12.7. The maximum atomic E-state index is 12.7. The van der Waals surface area contributed by atoms with Crippen LogP contribution in [0.1, 0.15) is 37.8 Å². The number of halogens is 3. The maximum Gasteiger partial charge on any atom is 0.416 e. The standard InChI is InChI=1S/C14H17F3N2S/c1-13(2,8-3-4-8)19-11-6-5-9(14(15,16)17)7-10(11)12(18)20/h5-8,19H,3-4H2,1-2H3,(H2,18,20). The van der Waals surface area contributed by atoms with E-state index in [0.29, 0.717) is 11.6 Å². The predicted molar refractivity (Wildman–Crippen MR) is 77.8 cm³/mol. The average Bonchev–Trinajstić information content (AvgIpc) is 3.10. The van der Waals surface area contributed by atoms with E-state index in [-0.39, 0.29) is 16.1 Å². The molecule has 0 spiro atoms. The summed E-state index contributed by atoms with van der Waals surface area (Å²) in [6.45, 7) is 4.07. The van der Waals surface area contributed by atoms with Crippen LogP contribution in [0.15, 0.2) is 18.2 Å². The fraction of sp³-hybridized carbons (Fsp3) is 0.500. The molecule has 1 aliphatic carbocycles. The van der Waals surface area contributed by atoms with Crippen LogP contribution in [0.2, 0.25) is 0 Å². The van der Waals surface area contributed by atoms with Gasteiger partial charge in [0.25, 0.3) is 0 Å². The van der Waals surface area contributed by atoms with Crippen molar-refractivity contribution in [2.24, 2.45) is 11.7 Å². The van der Waals surface area contributed by atoms with E-state index in [4.69, 9.17) is 18.0 Å². The van der Waals surface area contributed by atoms with E-state index in [2.05, 4.69) is 5.32 Å². The number of hydrogen-bond donors (Lipinski definition) is 2. The molecule has 1 aromatic rings. The van der Waals surface area contributed by atoms with Gasteiger partial charge >= 0.3 is 6.18 Å². The molecule has 0 heterocycles. The van der Waals surface area contributed by atoms with Crippen LogP contribution in [-0.2, 0) is 6.18 Å². The number of hydrogen-bond acceptors (Lipinski definition) is 2. The Hall–Kier alpha value is -1.30. The summed E-state index contributed by atoms with van der Waals surface area (Å²) >= 11 is 4.87. The number of nitrogens with two attached hydrogens (primary N) is 1. The average molecular weight is 302 g/mol. The smallest absolute Gasteiger partial charge is 0.389 e. The second kappa shape index (κ2) is 4.91. The molecule has 0 amide bonds. The van der Waals surface area contributed by atoms with Crippen molar-refractivity contribution in [3.05, 3.63) is 29.3 Å². The van der Waals surface area contributed by atoms with Gasteiger partial charge < -0.3 is 11.1 Å². The summed E-state index contributed by atoms with van der Waals surface area (Å²) < 4.78 is 38.2. The summed E-state index contributed by atoms with van der Waals surface area (Å²) in [5, 5.41) is 3.27. The Morgan fingerprint density at radius 1 is 1.30 bits per heavy atom. The summed E-state index contributed by atoms with van der Waals surface area (Å²) in [6, 6.07) is 3.46. The lowest BCUT2D eigenvalue weighted by Gasteiger charge is -2.29. The Morgan fingerprint density at radius 2 is 1.90 bits per heavy atom. The lowest BCUT2D eigenvalue weighted by Crippen LogP contribution is -2.34. The molecule has 2 rings (SSSR count). The van der Waals surface area contributed by atoms with Gasteiger partial charge in [0.1, 0.15) is 4.99 Å². The fourth-order valence-electron chi connectivity index (χ4n) is 2.29. The van der Waals surface area contributed by atoms with Gasteiger partial charge in [-0.1, -0.05) is 12.2 Å². The van der Waals surface area contributed by atoms with E-state index < -0.39 is 11.7 Å². The number of anilines is 1. The van der Waals surface area contributed by atoms with Gasteiger partial charge in [0.05, 0.1) is 5.56 Å². The van der Waals surface area contributed by atoms with E-state index in [0.717, 1.165) is 25.0 Å². The first-order valence-corrected chi connectivity index (χ1v) is 6.81. The Kier molecular flexibility index (Phi) is 3.71. The Balaban J connectivity index is 2.35. The summed E-state index contributed by atoms with van der Waals surface area (Å²) in [7, 11) is 0. The molecule has 110 valence electrons. The number of alkyl halides is 3. The third kappa shape index (κ3) is 3.23. The molecule has 20 heavy (non-hydrogen) atoms. The van der Waals surface area contributed by atoms with Crippen LogP contribution in [0.3, 0.4) is 0 Å². The number of thiocarbonyl (C=S) groups is 1. The van der Waals surface area contributed by atoms with Gasteiger partial charge in [-0.05, 0) is 50.8 Å². The summed E-state index contributed by atoms with van der Waals surface area (Å²) in [5.74, 6) is 0.531. The molecule has 2 nitrogen and oxygen atoms in total. The van der Waals surface area contributed by atoms with Gasteiger partial charge in [-0.2, -0.15) is 13.2 Å². The molecular weight excluding hydrogens is 285 g/mol. The third-order valence-electron chi connectivity index (χ3n) is 3.67. The van der Waals surface area contributed by atoms with E-state index in [1.165, 1.54) is 6.07 Å². The summed E-state index contributed by atoms with van der Waals surface area (Å²) in [4.78, 5) is -0.0369. The van der Waals surface area contributed by atoms with Crippen molar-refractivity contribution >= 4 is 22.9 Å². The van der Waals surface area contributed by atoms with Crippen molar-refractivity contribution in [3.8, 4) is 0 Å². The second-order valence-corrected chi connectivity index (χ2v) is 6.18. The Labute approximate surface area is 121 Å². The van der Waals surface area contributed by atoms with E-state index >= 15 is 0 Å². The number of benzene rings is 1. The molecule has 0 aliphatic heterocycles. The second-order valence-electron chi connectivity index (χ2n) is 5.74. The molecule has 1 aromatic carbocycles. The first-order valence-electron chi connectivity index (χ1n) is 6.40. The van der Waals surface area contributed by atoms with Crippen molar-refractivity contribution in [1.82, 2.24) is 0 Å². The Morgan fingerprint density at radius 3 is 2.35 bits per heavy atom. The van der Waals surface area contributed by atoms with E-state index in [9.17, 15) is 13.2 Å². The highest BCUT2D eigenvalue weighted by Gasteiger charge is 2.38. The Bertz CT molecular complexity index is 534. The van der Waals surface area contributed by atoms with Crippen LogP contribution >= 0.6 is 12.2 Å². The molecule has 0 radical (unpaired) electrons. The van der Waals surface area contributed by atoms with Crippen molar-refractivity contribution in [1.29, 1.82) is 0 Å². The largest absolute Gasteiger partial charge is 0.416 e. The lowest BCUT2D eigenvalue weighted by atomic mass is 9.97. The molecule has 1 aliphatic rings. The molecule has 6 heteroatoms. The predicted octanol–water partition coefficient (Wildman–Crippen LogP) is 3.94. The highest BCUT2D eigenvalue weighted by atomic mass is 32.1. The van der Waals surface area contributed by atoms with Crippen LogP contribution in [0.5, 0.6) is 0 Å². The van der Waals surface area contributed by atoms with Gasteiger partial charge in [-0.25, -0.2) is 0 Å². The molecule has 3 N–H and O–H groups in total. The van der Waals surface area contributed by atoms with Crippen molar-refractivity contribution in [3.63, 3.8) is 0 Å². The minimum absolute atomic E-state index is 0.0369. The van der Waals surface area contributed by atoms with Gasteiger partial charge in [0, 0.05) is 16.8 Å². The fourth-order valence-corrected chi connectivity index (χ4v) is 2.46. The van der Waals surface area contributed by atoms with E-state index in [1.807, 2.05) is 13.8 Å². The van der Waals surface area contributed by atoms with Crippen LogP contribution in [0.25, 0.3) is 0 Å². The van der Waals surface area contributed by atoms with Gasteiger partial charge in [0.2, 0.25) is 0 Å². The molecule has 0 atom stereocenters. The molecule has 0 aromatic heterocycles. The minimum atomic E-state index is -4.40. The van der Waals surface area contributed by atoms with Crippen LogP contribution < -0.4 is 11.1 Å². The van der Waals surface area contributed by atoms with Gasteiger partial charge in [-0.15, -0.1) is 0 Å². The molecule has 0 unspecified atom stereocenters. The van der Waals surface area contributed by atoms with Gasteiger partial charge in [0.15, 0.2) is 0 Å². The monoisotopic (exact) mass is 302 g/mol. The highest BCUT2D eigenvalue weighted by molar-refractivity contribution is 7.80. The highest BCUT2D eigenvalue weighted by Crippen LogP contribution is 2.42. The van der Waals surface area contributed by atoms with Crippen molar-refractivity contribution in [2.45, 2.75) is 38.4 Å². The van der Waals surface area contributed by atoms with Crippen LogP contribution in [-0.4, -0.2) is 10.5 Å². The molecule has 1 fully saturated rings. The number of rotatable bonds is 4. The first kappa shape index (κ1) is 15.1. The molecule has 1 saturated carbocycles. The molecule has 0 saturated heterocycles. The van der Waals surface area contributed by atoms with Crippen LogP contribution in [0.4, 0.5) is 18.9 Å². The quantitative estimate of drug-likeness (QED) is 0.827. The molecule has 0 bridgehead atoms. The summed E-state index contributed by atoms with van der Waals surface area (Å²) in [6.07, 6.45) is -2.14. The third-order valence-corrected chi connectivity index (χ3v) is 3.89. The normalized spacial score (nSPS) is 16.1. The van der Waals surface area contributed by atoms with Crippen LogP contribution in [0, 0.1) is 5.92 Å². The zero-order valence-electron chi connectivity index (χ0n) is 11.3. The minimum Gasteiger partial charge on any atom is -0.389 e. The zero-order chi connectivity index (χ0) is 15.1. The SMILES string of the molecule is CC(C)(Nc1ccc(C(F)(F)F)cc1C(N)=S)C1CC1. The van der Waals surface area contributed by atoms with Crippen molar-refractivity contribution < 1.29 is 13.2 Å². The first-order chi connectivity index (χ1) is 9.11. The summed E-state index contributed by atoms with van der Waals surface area (Å²) in [5.41, 5.74) is 5.44. The van der Waals surface area contributed by atoms with Crippen molar-refractivity contribution in [2.75, 3.05) is 5.32 Å². The zero-order valence-corrected chi connectivity index (χ0v) is 12.2. The lowest BCUT2D eigenvalue weighted by molar-refractivity contribution is -0.137.